The topological polar surface area (TPSA) is 56.1 Å². The molecule has 0 unspecified atom stereocenters. The van der Waals surface area contributed by atoms with Crippen LogP contribution in [0.2, 0.25) is 0 Å². The van der Waals surface area contributed by atoms with Crippen LogP contribution in [0.3, 0.4) is 0 Å². The summed E-state index contributed by atoms with van der Waals surface area (Å²) in [6.45, 7) is 0.212. The molecule has 1 heterocycles. The maximum absolute atomic E-state index is 14.2. The van der Waals surface area contributed by atoms with Crippen molar-refractivity contribution in [3.05, 3.63) is 76.5 Å². The Balaban J connectivity index is 1.71. The van der Waals surface area contributed by atoms with E-state index in [9.17, 15) is 9.18 Å². The summed E-state index contributed by atoms with van der Waals surface area (Å²) in [6, 6.07) is 9.95. The van der Waals surface area contributed by atoms with Crippen molar-refractivity contribution >= 4 is 21.8 Å². The number of carbonyl (C=O) groups is 1. The number of amides is 1. The number of hydrogen-bond acceptors (Lipinski definition) is 3. The quantitative estimate of drug-likeness (QED) is 0.706. The molecule has 0 bridgehead atoms. The normalized spacial score (nSPS) is 10.5. The Morgan fingerprint density at radius 1 is 1.32 bits per heavy atom. The van der Waals surface area contributed by atoms with Crippen molar-refractivity contribution in [3.63, 3.8) is 0 Å². The third kappa shape index (κ3) is 3.88. The van der Waals surface area contributed by atoms with Gasteiger partial charge in [0.25, 0.3) is 5.91 Å². The molecule has 0 fully saturated rings. The van der Waals surface area contributed by atoms with Gasteiger partial charge in [0.2, 0.25) is 0 Å². The van der Waals surface area contributed by atoms with Crippen molar-refractivity contribution in [2.75, 3.05) is 7.11 Å². The van der Waals surface area contributed by atoms with Crippen LogP contribution >= 0.6 is 15.9 Å². The second kappa shape index (κ2) is 7.48. The summed E-state index contributed by atoms with van der Waals surface area (Å²) in [5.41, 5.74) is 1.52. The number of nitrogens with zero attached hydrogens (tertiary/aromatic N) is 2. The summed E-state index contributed by atoms with van der Waals surface area (Å²) >= 11 is 3.34. The third-order valence-electron chi connectivity index (χ3n) is 3.67. The van der Waals surface area contributed by atoms with Gasteiger partial charge in [0.15, 0.2) is 0 Å². The van der Waals surface area contributed by atoms with Gasteiger partial charge in [-0.05, 0) is 51.8 Å². The molecule has 3 aromatic rings. The highest BCUT2D eigenvalue weighted by Gasteiger charge is 2.12. The molecule has 0 saturated carbocycles. The molecule has 1 N–H and O–H groups in total. The molecule has 2 aromatic carbocycles. The van der Waals surface area contributed by atoms with E-state index in [-0.39, 0.29) is 18.3 Å². The van der Waals surface area contributed by atoms with E-state index in [4.69, 9.17) is 4.74 Å². The van der Waals surface area contributed by atoms with E-state index >= 15 is 0 Å². The molecule has 0 radical (unpaired) electrons. The minimum absolute atomic E-state index is 0.212. The van der Waals surface area contributed by atoms with Gasteiger partial charge in [0, 0.05) is 23.4 Å². The summed E-state index contributed by atoms with van der Waals surface area (Å²) < 4.78 is 21.6. The summed E-state index contributed by atoms with van der Waals surface area (Å²) in [7, 11) is 1.54. The first-order valence-electron chi connectivity index (χ1n) is 7.47. The van der Waals surface area contributed by atoms with Gasteiger partial charge in [0.05, 0.1) is 24.7 Å². The maximum atomic E-state index is 14.2. The number of ether oxygens (including phenoxy) is 1. The van der Waals surface area contributed by atoms with Crippen LogP contribution in [0.25, 0.3) is 5.69 Å². The lowest BCUT2D eigenvalue weighted by Crippen LogP contribution is -2.23. The smallest absolute Gasteiger partial charge is 0.252 e. The van der Waals surface area contributed by atoms with Crippen LogP contribution in [0.4, 0.5) is 4.39 Å². The Hall–Kier alpha value is -2.67. The summed E-state index contributed by atoms with van der Waals surface area (Å²) in [5, 5.41) is 2.78. The standard InChI is InChI=1S/C18H15BrFN3O2/c1-25-13-3-4-15(19)14(9-13)18(24)22-10-12-2-5-17(16(20)8-12)23-7-6-21-11-23/h2-9,11H,10H2,1H3,(H,22,24). The van der Waals surface area contributed by atoms with Gasteiger partial charge in [0.1, 0.15) is 11.6 Å². The predicted octanol–water partition coefficient (Wildman–Crippen LogP) is 3.71. The summed E-state index contributed by atoms with van der Waals surface area (Å²) in [5.74, 6) is -0.0683. The van der Waals surface area contributed by atoms with Crippen molar-refractivity contribution in [2.24, 2.45) is 0 Å². The van der Waals surface area contributed by atoms with Crippen molar-refractivity contribution in [2.45, 2.75) is 6.54 Å². The highest BCUT2D eigenvalue weighted by atomic mass is 79.9. The lowest BCUT2D eigenvalue weighted by molar-refractivity contribution is 0.0949. The number of aromatic nitrogens is 2. The fourth-order valence-corrected chi connectivity index (χ4v) is 2.78. The molecule has 0 spiro atoms. The van der Waals surface area contributed by atoms with Crippen molar-refractivity contribution in [1.29, 1.82) is 0 Å². The molecule has 5 nitrogen and oxygen atoms in total. The van der Waals surface area contributed by atoms with Crippen LogP contribution in [0.15, 0.2) is 59.6 Å². The van der Waals surface area contributed by atoms with Crippen LogP contribution in [-0.4, -0.2) is 22.6 Å². The Morgan fingerprint density at radius 3 is 2.84 bits per heavy atom. The third-order valence-corrected chi connectivity index (χ3v) is 4.36. The summed E-state index contributed by atoms with van der Waals surface area (Å²) in [4.78, 5) is 16.2. The molecule has 0 aliphatic heterocycles. The van der Waals surface area contributed by atoms with E-state index < -0.39 is 0 Å². The first-order chi connectivity index (χ1) is 12.1. The minimum Gasteiger partial charge on any atom is -0.497 e. The van der Waals surface area contributed by atoms with Gasteiger partial charge in [-0.2, -0.15) is 0 Å². The Kier molecular flexibility index (Phi) is 5.14. The molecular weight excluding hydrogens is 389 g/mol. The largest absolute Gasteiger partial charge is 0.497 e. The van der Waals surface area contributed by atoms with Crippen LogP contribution in [-0.2, 0) is 6.54 Å². The van der Waals surface area contributed by atoms with E-state index in [0.717, 1.165) is 0 Å². The van der Waals surface area contributed by atoms with E-state index in [2.05, 4.69) is 26.2 Å². The molecule has 7 heteroatoms. The molecule has 0 atom stereocenters. The zero-order valence-corrected chi connectivity index (χ0v) is 15.0. The summed E-state index contributed by atoms with van der Waals surface area (Å²) in [6.07, 6.45) is 4.78. The van der Waals surface area contributed by atoms with Crippen LogP contribution < -0.4 is 10.1 Å². The zero-order chi connectivity index (χ0) is 17.8. The second-order valence-corrected chi connectivity index (χ2v) is 6.14. The molecule has 1 aromatic heterocycles. The Morgan fingerprint density at radius 2 is 2.16 bits per heavy atom. The number of halogens is 2. The average Bonchev–Trinajstić information content (AvgIpc) is 3.14. The monoisotopic (exact) mass is 403 g/mol. The number of benzene rings is 2. The van der Waals surface area contributed by atoms with Crippen molar-refractivity contribution in [1.82, 2.24) is 14.9 Å². The number of methoxy groups -OCH3 is 1. The van der Waals surface area contributed by atoms with Crippen LogP contribution in [0, 0.1) is 5.82 Å². The molecule has 0 aliphatic rings. The van der Waals surface area contributed by atoms with E-state index in [1.807, 2.05) is 0 Å². The second-order valence-electron chi connectivity index (χ2n) is 5.28. The highest BCUT2D eigenvalue weighted by Crippen LogP contribution is 2.22. The molecular formula is C18H15BrFN3O2. The number of imidazole rings is 1. The SMILES string of the molecule is COc1ccc(Br)c(C(=O)NCc2ccc(-n3ccnc3)c(F)c2)c1. The Labute approximate surface area is 152 Å². The molecule has 0 aliphatic carbocycles. The molecule has 3 rings (SSSR count). The number of rotatable bonds is 5. The number of carbonyl (C=O) groups excluding carboxylic acids is 1. The van der Waals surface area contributed by atoms with Crippen molar-refractivity contribution in [3.8, 4) is 11.4 Å². The number of hydrogen-bond donors (Lipinski definition) is 1. The van der Waals surface area contributed by atoms with E-state index in [0.29, 0.717) is 27.0 Å². The van der Waals surface area contributed by atoms with Crippen LogP contribution in [0.1, 0.15) is 15.9 Å². The molecule has 128 valence electrons. The van der Waals surface area contributed by atoms with Gasteiger partial charge in [-0.15, -0.1) is 0 Å². The molecule has 0 saturated heterocycles. The highest BCUT2D eigenvalue weighted by molar-refractivity contribution is 9.10. The van der Waals surface area contributed by atoms with E-state index in [1.54, 1.807) is 47.3 Å². The fourth-order valence-electron chi connectivity index (χ4n) is 2.35. The molecule has 1 amide bonds. The van der Waals surface area contributed by atoms with Gasteiger partial charge in [-0.3, -0.25) is 4.79 Å². The van der Waals surface area contributed by atoms with Gasteiger partial charge >= 0.3 is 0 Å². The first-order valence-corrected chi connectivity index (χ1v) is 8.26. The molecule has 25 heavy (non-hydrogen) atoms. The lowest BCUT2D eigenvalue weighted by Gasteiger charge is -2.10. The first kappa shape index (κ1) is 17.2. The maximum Gasteiger partial charge on any atom is 0.252 e. The predicted molar refractivity (Wildman–Crippen MR) is 95.4 cm³/mol. The zero-order valence-electron chi connectivity index (χ0n) is 13.4. The minimum atomic E-state index is -0.382. The van der Waals surface area contributed by atoms with Gasteiger partial charge in [-0.1, -0.05) is 6.07 Å². The average molecular weight is 404 g/mol. The lowest BCUT2D eigenvalue weighted by atomic mass is 10.1. The van der Waals surface area contributed by atoms with Crippen molar-refractivity contribution < 1.29 is 13.9 Å². The van der Waals surface area contributed by atoms with Gasteiger partial charge in [-0.25, -0.2) is 9.37 Å². The number of nitrogens with one attached hydrogen (secondary N) is 1. The van der Waals surface area contributed by atoms with Crippen LogP contribution in [0.5, 0.6) is 5.75 Å². The van der Waals surface area contributed by atoms with Gasteiger partial charge < -0.3 is 14.6 Å². The Bertz CT molecular complexity index is 897. The fraction of sp³-hybridized carbons (Fsp3) is 0.111. The van der Waals surface area contributed by atoms with E-state index in [1.165, 1.54) is 19.5 Å².